The van der Waals surface area contributed by atoms with Gasteiger partial charge in [-0.3, -0.25) is 19.4 Å². The lowest BCUT2D eigenvalue weighted by molar-refractivity contribution is -0.120. The molecule has 0 unspecified atom stereocenters. The lowest BCUT2D eigenvalue weighted by Gasteiger charge is -2.22. The molecule has 0 bridgehead atoms. The van der Waals surface area contributed by atoms with Crippen LogP contribution in [0.2, 0.25) is 0 Å². The van der Waals surface area contributed by atoms with Gasteiger partial charge >= 0.3 is 0 Å². The molecule has 0 saturated carbocycles. The number of para-hydroxylation sites is 2. The topological polar surface area (TPSA) is 90.9 Å². The summed E-state index contributed by atoms with van der Waals surface area (Å²) < 4.78 is 0. The number of nitrogens with zero attached hydrogens (tertiary/aromatic N) is 2. The van der Waals surface area contributed by atoms with Crippen molar-refractivity contribution in [2.24, 2.45) is 4.99 Å². The highest BCUT2D eigenvalue weighted by Gasteiger charge is 2.26. The van der Waals surface area contributed by atoms with Gasteiger partial charge in [0.25, 0.3) is 0 Å². The molecule has 1 aliphatic heterocycles. The number of rotatable bonds is 5. The van der Waals surface area contributed by atoms with E-state index in [1.54, 1.807) is 30.3 Å². The Morgan fingerprint density at radius 1 is 0.875 bits per heavy atom. The van der Waals surface area contributed by atoms with Gasteiger partial charge in [0.05, 0.1) is 23.5 Å². The minimum atomic E-state index is -0.330. The Morgan fingerprint density at radius 2 is 1.50 bits per heavy atom. The lowest BCUT2D eigenvalue weighted by atomic mass is 10.1. The van der Waals surface area contributed by atoms with Crippen molar-refractivity contribution in [3.63, 3.8) is 0 Å². The van der Waals surface area contributed by atoms with Gasteiger partial charge < -0.3 is 15.5 Å². The van der Waals surface area contributed by atoms with Crippen LogP contribution in [0.25, 0.3) is 0 Å². The van der Waals surface area contributed by atoms with Gasteiger partial charge in [-0.1, -0.05) is 42.5 Å². The van der Waals surface area contributed by atoms with Crippen molar-refractivity contribution in [2.45, 2.75) is 13.3 Å². The molecular formula is C25H22N4O3. The third-order valence-electron chi connectivity index (χ3n) is 4.95. The first-order valence-corrected chi connectivity index (χ1v) is 10.2. The van der Waals surface area contributed by atoms with Crippen LogP contribution in [0.5, 0.6) is 0 Å². The van der Waals surface area contributed by atoms with E-state index in [1.165, 1.54) is 11.8 Å². The third kappa shape index (κ3) is 4.89. The zero-order valence-electron chi connectivity index (χ0n) is 17.5. The summed E-state index contributed by atoms with van der Waals surface area (Å²) in [5, 5.41) is 5.48. The molecule has 0 saturated heterocycles. The summed E-state index contributed by atoms with van der Waals surface area (Å²) in [6.07, 6.45) is 0.0946. The fourth-order valence-corrected chi connectivity index (χ4v) is 3.50. The monoisotopic (exact) mass is 426 g/mol. The second-order valence-corrected chi connectivity index (χ2v) is 7.38. The van der Waals surface area contributed by atoms with Crippen molar-refractivity contribution in [3.8, 4) is 0 Å². The maximum Gasteiger partial charge on any atom is 0.244 e. The fourth-order valence-electron chi connectivity index (χ4n) is 3.50. The number of nitrogens with one attached hydrogen (secondary N) is 2. The fraction of sp³-hybridized carbons (Fsp3) is 0.120. The number of hydrogen-bond donors (Lipinski definition) is 2. The summed E-state index contributed by atoms with van der Waals surface area (Å²) in [5.74, 6) is -0.700. The number of hydrogen-bond acceptors (Lipinski definition) is 4. The number of anilines is 3. The Hall–Kier alpha value is -4.26. The average Bonchev–Trinajstić information content (AvgIpc) is 2.92. The van der Waals surface area contributed by atoms with E-state index in [0.29, 0.717) is 28.5 Å². The van der Waals surface area contributed by atoms with Crippen molar-refractivity contribution in [3.05, 3.63) is 84.4 Å². The minimum absolute atomic E-state index is 0.0946. The van der Waals surface area contributed by atoms with E-state index in [0.717, 1.165) is 5.56 Å². The highest BCUT2D eigenvalue weighted by molar-refractivity contribution is 6.19. The largest absolute Gasteiger partial charge is 0.326 e. The number of fused-ring (bicyclic) bond motifs is 1. The highest BCUT2D eigenvalue weighted by Crippen LogP contribution is 2.32. The van der Waals surface area contributed by atoms with Crippen LogP contribution >= 0.6 is 0 Å². The van der Waals surface area contributed by atoms with E-state index >= 15 is 0 Å². The van der Waals surface area contributed by atoms with E-state index in [9.17, 15) is 14.4 Å². The Kier molecular flexibility index (Phi) is 6.07. The van der Waals surface area contributed by atoms with Crippen molar-refractivity contribution < 1.29 is 14.4 Å². The zero-order chi connectivity index (χ0) is 22.5. The standard InChI is InChI=1S/C25H22N4O3/c1-17(30)26-19-11-13-20(14-12-19)27-24(31)16-29-23-10-6-5-9-21(23)28-22(15-25(29)32)18-7-3-2-4-8-18/h2-14H,15-16H2,1H3,(H,26,30)(H,27,31). The average molecular weight is 426 g/mol. The third-order valence-corrected chi connectivity index (χ3v) is 4.95. The van der Waals surface area contributed by atoms with Gasteiger partial charge in [-0.2, -0.15) is 0 Å². The van der Waals surface area contributed by atoms with Crippen LogP contribution in [0, 0.1) is 0 Å². The molecule has 0 aromatic heterocycles. The van der Waals surface area contributed by atoms with Gasteiger partial charge in [-0.15, -0.1) is 0 Å². The summed E-state index contributed by atoms with van der Waals surface area (Å²) in [4.78, 5) is 43.2. The van der Waals surface area contributed by atoms with Crippen LogP contribution in [-0.4, -0.2) is 30.0 Å². The molecule has 3 aromatic rings. The maximum atomic E-state index is 13.1. The molecule has 1 heterocycles. The molecule has 3 amide bonds. The second kappa shape index (κ2) is 9.26. The van der Waals surface area contributed by atoms with E-state index < -0.39 is 0 Å². The number of benzene rings is 3. The molecule has 0 atom stereocenters. The smallest absolute Gasteiger partial charge is 0.244 e. The highest BCUT2D eigenvalue weighted by atomic mass is 16.2. The molecule has 0 aliphatic carbocycles. The van der Waals surface area contributed by atoms with Gasteiger partial charge in [0.1, 0.15) is 6.54 Å². The SMILES string of the molecule is CC(=O)Nc1ccc(NC(=O)CN2C(=O)CC(c3ccccc3)=Nc3ccccc32)cc1. The normalized spacial score (nSPS) is 13.0. The van der Waals surface area contributed by atoms with Crippen LogP contribution in [0.1, 0.15) is 18.9 Å². The van der Waals surface area contributed by atoms with Gasteiger partial charge in [0.15, 0.2) is 0 Å². The minimum Gasteiger partial charge on any atom is -0.326 e. The summed E-state index contributed by atoms with van der Waals surface area (Å²) in [6.45, 7) is 1.29. The number of aliphatic imine (C=N–C) groups is 1. The Morgan fingerprint density at radius 3 is 2.19 bits per heavy atom. The first-order chi connectivity index (χ1) is 15.5. The summed E-state index contributed by atoms with van der Waals surface area (Å²) in [7, 11) is 0. The zero-order valence-corrected chi connectivity index (χ0v) is 17.5. The molecule has 1 aliphatic rings. The maximum absolute atomic E-state index is 13.1. The predicted molar refractivity (Wildman–Crippen MR) is 125 cm³/mol. The van der Waals surface area contributed by atoms with Crippen LogP contribution < -0.4 is 15.5 Å². The quantitative estimate of drug-likeness (QED) is 0.642. The molecule has 32 heavy (non-hydrogen) atoms. The van der Waals surface area contributed by atoms with E-state index in [4.69, 9.17) is 4.99 Å². The molecule has 0 fully saturated rings. The van der Waals surface area contributed by atoms with Crippen LogP contribution in [0.3, 0.4) is 0 Å². The number of amides is 3. The van der Waals surface area contributed by atoms with Crippen LogP contribution in [0.4, 0.5) is 22.7 Å². The first-order valence-electron chi connectivity index (χ1n) is 10.2. The molecule has 3 aromatic carbocycles. The molecule has 2 N–H and O–H groups in total. The van der Waals surface area contributed by atoms with Gasteiger partial charge in [-0.05, 0) is 42.0 Å². The van der Waals surface area contributed by atoms with Gasteiger partial charge in [-0.25, -0.2) is 0 Å². The molecule has 0 radical (unpaired) electrons. The molecule has 0 spiro atoms. The van der Waals surface area contributed by atoms with E-state index in [2.05, 4.69) is 10.6 Å². The van der Waals surface area contributed by atoms with Crippen molar-refractivity contribution in [1.29, 1.82) is 0 Å². The molecule has 4 rings (SSSR count). The lowest BCUT2D eigenvalue weighted by Crippen LogP contribution is -2.38. The molecular weight excluding hydrogens is 404 g/mol. The summed E-state index contributed by atoms with van der Waals surface area (Å²) in [6, 6.07) is 23.6. The van der Waals surface area contributed by atoms with Crippen molar-refractivity contribution in [2.75, 3.05) is 22.1 Å². The number of carbonyl (C=O) groups excluding carboxylic acids is 3. The summed E-state index contributed by atoms with van der Waals surface area (Å²) >= 11 is 0. The molecule has 7 heteroatoms. The van der Waals surface area contributed by atoms with Crippen molar-refractivity contribution >= 4 is 46.2 Å². The van der Waals surface area contributed by atoms with E-state index in [1.807, 2.05) is 48.5 Å². The predicted octanol–water partition coefficient (Wildman–Crippen LogP) is 4.14. The van der Waals surface area contributed by atoms with E-state index in [-0.39, 0.29) is 30.7 Å². The summed E-state index contributed by atoms with van der Waals surface area (Å²) in [5.41, 5.74) is 3.99. The Bertz CT molecular complexity index is 1190. The second-order valence-electron chi connectivity index (χ2n) is 7.38. The number of carbonyl (C=O) groups is 3. The van der Waals surface area contributed by atoms with Crippen LogP contribution in [-0.2, 0) is 14.4 Å². The Labute approximate surface area is 185 Å². The first kappa shape index (κ1) is 21.0. The molecule has 160 valence electrons. The Balaban J connectivity index is 1.52. The van der Waals surface area contributed by atoms with Crippen LogP contribution in [0.15, 0.2) is 83.9 Å². The van der Waals surface area contributed by atoms with Crippen molar-refractivity contribution in [1.82, 2.24) is 0 Å². The molecule has 7 nitrogen and oxygen atoms in total. The van der Waals surface area contributed by atoms with Gasteiger partial charge in [0, 0.05) is 18.3 Å². The van der Waals surface area contributed by atoms with Gasteiger partial charge in [0.2, 0.25) is 17.7 Å².